The van der Waals surface area contributed by atoms with Gasteiger partial charge in [0.2, 0.25) is 10.0 Å². The van der Waals surface area contributed by atoms with Gasteiger partial charge in [0.05, 0.1) is 4.90 Å². The molecule has 1 heterocycles. The van der Waals surface area contributed by atoms with Crippen molar-refractivity contribution in [3.05, 3.63) is 54.4 Å². The van der Waals surface area contributed by atoms with Gasteiger partial charge >= 0.3 is 6.36 Å². The van der Waals surface area contributed by atoms with Crippen molar-refractivity contribution >= 4 is 10.0 Å². The lowest BCUT2D eigenvalue weighted by atomic mass is 10.3. The Morgan fingerprint density at radius 3 is 2.57 bits per heavy atom. The zero-order valence-electron chi connectivity index (χ0n) is 11.7. The minimum atomic E-state index is -4.88. The summed E-state index contributed by atoms with van der Waals surface area (Å²) >= 11 is 0. The van der Waals surface area contributed by atoms with Gasteiger partial charge in [0.25, 0.3) is 0 Å². The van der Waals surface area contributed by atoms with Crippen LogP contribution in [0.4, 0.5) is 13.2 Å². The van der Waals surface area contributed by atoms with E-state index in [1.54, 1.807) is 24.4 Å². The summed E-state index contributed by atoms with van der Waals surface area (Å²) in [5.41, 5.74) is 0.698. The molecule has 0 bridgehead atoms. The van der Waals surface area contributed by atoms with Crippen LogP contribution < -0.4 is 9.46 Å². The molecule has 1 aromatic carbocycles. The SMILES string of the molecule is O=S(=O)(NCCc1ccccn1)c1cccc(OC(F)(F)F)c1. The number of hydrogen-bond donors (Lipinski definition) is 1. The number of nitrogens with one attached hydrogen (secondary N) is 1. The quantitative estimate of drug-likeness (QED) is 0.873. The van der Waals surface area contributed by atoms with E-state index in [1.807, 2.05) is 0 Å². The van der Waals surface area contributed by atoms with Gasteiger partial charge in [0, 0.05) is 30.9 Å². The highest BCUT2D eigenvalue weighted by molar-refractivity contribution is 7.89. The molecular weight excluding hydrogens is 333 g/mol. The molecule has 124 valence electrons. The van der Waals surface area contributed by atoms with Gasteiger partial charge in [-0.25, -0.2) is 13.1 Å². The monoisotopic (exact) mass is 346 g/mol. The molecule has 0 saturated heterocycles. The molecule has 0 radical (unpaired) electrons. The molecule has 23 heavy (non-hydrogen) atoms. The number of aromatic nitrogens is 1. The standard InChI is InChI=1S/C14H13F3N2O3S/c15-14(16,17)22-12-5-3-6-13(10-12)23(20,21)19-9-7-11-4-1-2-8-18-11/h1-6,8,10,19H,7,9H2. The molecule has 0 aliphatic carbocycles. The van der Waals surface area contributed by atoms with Gasteiger partial charge in [-0.2, -0.15) is 0 Å². The molecule has 5 nitrogen and oxygen atoms in total. The molecule has 2 aromatic rings. The number of benzene rings is 1. The molecule has 0 spiro atoms. The fourth-order valence-electron chi connectivity index (χ4n) is 1.78. The first kappa shape index (κ1) is 17.2. The van der Waals surface area contributed by atoms with Crippen molar-refractivity contribution < 1.29 is 26.3 Å². The molecule has 1 N–H and O–H groups in total. The van der Waals surface area contributed by atoms with Crippen molar-refractivity contribution in [3.63, 3.8) is 0 Å². The highest BCUT2D eigenvalue weighted by atomic mass is 32.2. The van der Waals surface area contributed by atoms with E-state index < -0.39 is 22.1 Å². The summed E-state index contributed by atoms with van der Waals surface area (Å²) in [6, 6.07) is 9.46. The first-order valence-electron chi connectivity index (χ1n) is 6.52. The smallest absolute Gasteiger partial charge is 0.406 e. The van der Waals surface area contributed by atoms with Crippen molar-refractivity contribution in [2.24, 2.45) is 0 Å². The number of rotatable bonds is 6. The van der Waals surface area contributed by atoms with Gasteiger partial charge in [-0.3, -0.25) is 4.98 Å². The molecule has 0 saturated carbocycles. The maximum absolute atomic E-state index is 12.2. The summed E-state index contributed by atoms with van der Waals surface area (Å²) in [6.07, 6.45) is -2.94. The van der Waals surface area contributed by atoms with Gasteiger partial charge in [-0.15, -0.1) is 13.2 Å². The van der Waals surface area contributed by atoms with Gasteiger partial charge in [0.15, 0.2) is 0 Å². The number of halogens is 3. The Morgan fingerprint density at radius 1 is 1.13 bits per heavy atom. The number of ether oxygens (including phenoxy) is 1. The predicted molar refractivity (Wildman–Crippen MR) is 76.3 cm³/mol. The molecule has 0 unspecified atom stereocenters. The maximum atomic E-state index is 12.2. The van der Waals surface area contributed by atoms with E-state index in [2.05, 4.69) is 14.4 Å². The van der Waals surface area contributed by atoms with E-state index in [4.69, 9.17) is 0 Å². The van der Waals surface area contributed by atoms with E-state index in [1.165, 1.54) is 12.1 Å². The fraction of sp³-hybridized carbons (Fsp3) is 0.214. The van der Waals surface area contributed by atoms with Crippen LogP contribution in [0.2, 0.25) is 0 Å². The van der Waals surface area contributed by atoms with Crippen LogP contribution in [0.15, 0.2) is 53.6 Å². The molecule has 0 aliphatic rings. The number of nitrogens with zero attached hydrogens (tertiary/aromatic N) is 1. The highest BCUT2D eigenvalue weighted by Gasteiger charge is 2.31. The average molecular weight is 346 g/mol. The van der Waals surface area contributed by atoms with Gasteiger partial charge in [-0.05, 0) is 24.3 Å². The lowest BCUT2D eigenvalue weighted by molar-refractivity contribution is -0.274. The van der Waals surface area contributed by atoms with E-state index in [0.29, 0.717) is 12.1 Å². The summed E-state index contributed by atoms with van der Waals surface area (Å²) in [5, 5.41) is 0. The summed E-state index contributed by atoms with van der Waals surface area (Å²) in [7, 11) is -3.93. The third kappa shape index (κ3) is 5.53. The summed E-state index contributed by atoms with van der Waals surface area (Å²) < 4.78 is 66.7. The van der Waals surface area contributed by atoms with Crippen LogP contribution in [0.25, 0.3) is 0 Å². The summed E-state index contributed by atoms with van der Waals surface area (Å²) in [6.45, 7) is 0.0731. The third-order valence-corrected chi connectivity index (χ3v) is 4.21. The Bertz CT molecular complexity index is 749. The Balaban J connectivity index is 2.03. The van der Waals surface area contributed by atoms with Gasteiger partial charge in [-0.1, -0.05) is 12.1 Å². The minimum Gasteiger partial charge on any atom is -0.406 e. The van der Waals surface area contributed by atoms with Crippen LogP contribution in [0.1, 0.15) is 5.69 Å². The topological polar surface area (TPSA) is 68.3 Å². The van der Waals surface area contributed by atoms with Crippen molar-refractivity contribution in [2.75, 3.05) is 6.54 Å². The van der Waals surface area contributed by atoms with E-state index in [9.17, 15) is 21.6 Å². The largest absolute Gasteiger partial charge is 0.573 e. The second kappa shape index (κ2) is 6.97. The third-order valence-electron chi connectivity index (χ3n) is 2.75. The van der Waals surface area contributed by atoms with Crippen LogP contribution in [0.5, 0.6) is 5.75 Å². The normalized spacial score (nSPS) is 12.1. The molecular formula is C14H13F3N2O3S. The van der Waals surface area contributed by atoms with Gasteiger partial charge in [0.1, 0.15) is 5.75 Å². The highest BCUT2D eigenvalue weighted by Crippen LogP contribution is 2.24. The summed E-state index contributed by atoms with van der Waals surface area (Å²) in [5.74, 6) is -0.592. The Kier molecular flexibility index (Phi) is 5.22. The molecule has 1 aromatic heterocycles. The first-order chi connectivity index (χ1) is 10.8. The van der Waals surface area contributed by atoms with Crippen LogP contribution in [0.3, 0.4) is 0 Å². The molecule has 0 atom stereocenters. The lowest BCUT2D eigenvalue weighted by Crippen LogP contribution is -2.26. The lowest BCUT2D eigenvalue weighted by Gasteiger charge is -2.11. The molecule has 9 heteroatoms. The van der Waals surface area contributed by atoms with Crippen LogP contribution in [-0.2, 0) is 16.4 Å². The van der Waals surface area contributed by atoms with Crippen LogP contribution in [0, 0.1) is 0 Å². The van der Waals surface area contributed by atoms with Crippen molar-refractivity contribution in [3.8, 4) is 5.75 Å². The van der Waals surface area contributed by atoms with Crippen LogP contribution >= 0.6 is 0 Å². The van der Waals surface area contributed by atoms with Gasteiger partial charge < -0.3 is 4.74 Å². The zero-order chi connectivity index (χ0) is 16.9. The van der Waals surface area contributed by atoms with E-state index >= 15 is 0 Å². The second-order valence-corrected chi connectivity index (χ2v) is 6.26. The number of pyridine rings is 1. The number of hydrogen-bond acceptors (Lipinski definition) is 4. The first-order valence-corrected chi connectivity index (χ1v) is 8.00. The maximum Gasteiger partial charge on any atom is 0.573 e. The minimum absolute atomic E-state index is 0.0731. The molecule has 0 fully saturated rings. The van der Waals surface area contributed by atoms with Crippen molar-refractivity contribution in [1.82, 2.24) is 9.71 Å². The molecule has 0 amide bonds. The Hall–Kier alpha value is -2.13. The molecule has 0 aliphatic heterocycles. The summed E-state index contributed by atoms with van der Waals surface area (Å²) in [4.78, 5) is 3.74. The average Bonchev–Trinajstić information content (AvgIpc) is 2.47. The molecule has 2 rings (SSSR count). The number of sulfonamides is 1. The zero-order valence-corrected chi connectivity index (χ0v) is 12.6. The number of alkyl halides is 3. The van der Waals surface area contributed by atoms with Crippen molar-refractivity contribution in [2.45, 2.75) is 17.7 Å². The second-order valence-electron chi connectivity index (χ2n) is 4.49. The Morgan fingerprint density at radius 2 is 1.91 bits per heavy atom. The predicted octanol–water partition coefficient (Wildman–Crippen LogP) is 2.50. The van der Waals surface area contributed by atoms with E-state index in [-0.39, 0.29) is 11.4 Å². The van der Waals surface area contributed by atoms with E-state index in [0.717, 1.165) is 12.1 Å². The van der Waals surface area contributed by atoms with Crippen molar-refractivity contribution in [1.29, 1.82) is 0 Å². The fourth-order valence-corrected chi connectivity index (χ4v) is 2.85. The van der Waals surface area contributed by atoms with Crippen LogP contribution in [-0.4, -0.2) is 26.3 Å². The Labute approximate surface area is 131 Å².